The van der Waals surface area contributed by atoms with Crippen molar-refractivity contribution in [2.45, 2.75) is 20.0 Å². The molecule has 146 valence electrons. The van der Waals surface area contributed by atoms with E-state index in [1.807, 2.05) is 12.1 Å². The molecule has 4 rings (SSSR count). The zero-order valence-corrected chi connectivity index (χ0v) is 16.5. The average Bonchev–Trinajstić information content (AvgIpc) is 2.69. The highest BCUT2D eigenvalue weighted by Gasteiger charge is 2.18. The molecular weight excluding hydrogens is 352 g/mol. The van der Waals surface area contributed by atoms with Crippen LogP contribution in [0.1, 0.15) is 16.7 Å². The molecule has 1 saturated heterocycles. The molecule has 0 saturated carbocycles. The third-order valence-corrected chi connectivity index (χ3v) is 5.38. The molecule has 0 radical (unpaired) electrons. The van der Waals surface area contributed by atoms with Gasteiger partial charge in [-0.15, -0.1) is 0 Å². The lowest BCUT2D eigenvalue weighted by Gasteiger charge is -2.34. The Kier molecular flexibility index (Phi) is 5.46. The summed E-state index contributed by atoms with van der Waals surface area (Å²) in [5, 5.41) is 0.975. The van der Waals surface area contributed by atoms with Crippen molar-refractivity contribution in [3.63, 3.8) is 0 Å². The third kappa shape index (κ3) is 4.26. The molecule has 0 spiro atoms. The van der Waals surface area contributed by atoms with Gasteiger partial charge in [-0.1, -0.05) is 29.8 Å². The normalized spacial score (nSPS) is 15.8. The number of rotatable bonds is 5. The highest BCUT2D eigenvalue weighted by molar-refractivity contribution is 5.81. The van der Waals surface area contributed by atoms with Crippen LogP contribution in [0.5, 0.6) is 5.75 Å². The van der Waals surface area contributed by atoms with Crippen molar-refractivity contribution in [1.82, 2.24) is 9.80 Å². The van der Waals surface area contributed by atoms with Gasteiger partial charge in [-0.2, -0.15) is 0 Å². The molecule has 5 nitrogen and oxygen atoms in total. The van der Waals surface area contributed by atoms with Gasteiger partial charge in [0.05, 0.1) is 7.11 Å². The van der Waals surface area contributed by atoms with Crippen LogP contribution in [0, 0.1) is 6.92 Å². The number of hydrogen-bond donors (Lipinski definition) is 0. The molecule has 1 aliphatic heterocycles. The zero-order chi connectivity index (χ0) is 19.5. The van der Waals surface area contributed by atoms with Gasteiger partial charge in [-0.3, -0.25) is 9.80 Å². The van der Waals surface area contributed by atoms with E-state index in [-0.39, 0.29) is 5.63 Å². The van der Waals surface area contributed by atoms with Crippen LogP contribution >= 0.6 is 0 Å². The van der Waals surface area contributed by atoms with Crippen LogP contribution in [0.25, 0.3) is 11.0 Å². The Bertz CT molecular complexity index is 1020. The number of ether oxygens (including phenoxy) is 1. The quantitative estimate of drug-likeness (QED) is 0.637. The minimum Gasteiger partial charge on any atom is -0.497 e. The second kappa shape index (κ2) is 8.17. The van der Waals surface area contributed by atoms with Crippen LogP contribution in [0.2, 0.25) is 0 Å². The molecule has 0 bridgehead atoms. The number of aryl methyl sites for hydroxylation is 1. The van der Waals surface area contributed by atoms with Crippen molar-refractivity contribution < 1.29 is 9.15 Å². The van der Waals surface area contributed by atoms with Gasteiger partial charge >= 0.3 is 5.63 Å². The van der Waals surface area contributed by atoms with Gasteiger partial charge in [-0.25, -0.2) is 4.79 Å². The fourth-order valence-corrected chi connectivity index (χ4v) is 3.88. The summed E-state index contributed by atoms with van der Waals surface area (Å²) >= 11 is 0. The summed E-state index contributed by atoms with van der Waals surface area (Å²) in [7, 11) is 1.61. The molecule has 5 heteroatoms. The second-order valence-corrected chi connectivity index (χ2v) is 7.49. The Morgan fingerprint density at radius 2 is 1.71 bits per heavy atom. The van der Waals surface area contributed by atoms with Crippen molar-refractivity contribution in [2.75, 3.05) is 33.3 Å². The van der Waals surface area contributed by atoms with E-state index in [9.17, 15) is 4.79 Å². The van der Waals surface area contributed by atoms with Crippen LogP contribution in [0.15, 0.2) is 57.7 Å². The summed E-state index contributed by atoms with van der Waals surface area (Å²) in [6, 6.07) is 16.0. The summed E-state index contributed by atoms with van der Waals surface area (Å²) in [5.74, 6) is 0.692. The monoisotopic (exact) mass is 378 g/mol. The lowest BCUT2D eigenvalue weighted by atomic mass is 10.1. The third-order valence-electron chi connectivity index (χ3n) is 5.38. The largest absolute Gasteiger partial charge is 0.497 e. The lowest BCUT2D eigenvalue weighted by molar-refractivity contribution is 0.122. The maximum absolute atomic E-state index is 12.0. The number of nitrogens with zero attached hydrogens (tertiary/aromatic N) is 2. The summed E-state index contributed by atoms with van der Waals surface area (Å²) in [5.41, 5.74) is 3.96. The van der Waals surface area contributed by atoms with E-state index in [0.29, 0.717) is 11.3 Å². The maximum Gasteiger partial charge on any atom is 0.336 e. The van der Waals surface area contributed by atoms with Gasteiger partial charge in [0, 0.05) is 56.8 Å². The molecule has 3 aromatic rings. The van der Waals surface area contributed by atoms with Gasteiger partial charge < -0.3 is 9.15 Å². The summed E-state index contributed by atoms with van der Waals surface area (Å²) in [6.07, 6.45) is 0. The second-order valence-electron chi connectivity index (χ2n) is 7.49. The van der Waals surface area contributed by atoms with E-state index in [2.05, 4.69) is 41.0 Å². The highest BCUT2D eigenvalue weighted by Crippen LogP contribution is 2.24. The van der Waals surface area contributed by atoms with Crippen LogP contribution in [0.3, 0.4) is 0 Å². The van der Waals surface area contributed by atoms with Crippen molar-refractivity contribution in [3.8, 4) is 5.75 Å². The van der Waals surface area contributed by atoms with Gasteiger partial charge in [0.25, 0.3) is 0 Å². The molecule has 1 aliphatic rings. The molecule has 0 N–H and O–H groups in total. The van der Waals surface area contributed by atoms with E-state index < -0.39 is 0 Å². The van der Waals surface area contributed by atoms with E-state index in [1.54, 1.807) is 19.2 Å². The molecule has 2 heterocycles. The Hall–Kier alpha value is -2.63. The van der Waals surface area contributed by atoms with Gasteiger partial charge in [0.15, 0.2) is 0 Å². The van der Waals surface area contributed by atoms with Gasteiger partial charge in [0.1, 0.15) is 11.3 Å². The fraction of sp³-hybridized carbons (Fsp3) is 0.348. The van der Waals surface area contributed by atoms with Gasteiger partial charge in [0.2, 0.25) is 0 Å². The van der Waals surface area contributed by atoms with E-state index in [1.165, 1.54) is 11.1 Å². The first-order chi connectivity index (χ1) is 13.6. The number of methoxy groups -OCH3 is 1. The summed E-state index contributed by atoms with van der Waals surface area (Å²) in [6.45, 7) is 7.92. The summed E-state index contributed by atoms with van der Waals surface area (Å²) in [4.78, 5) is 16.9. The molecular formula is C23H26N2O3. The molecule has 2 aromatic carbocycles. The minimum absolute atomic E-state index is 0.311. The van der Waals surface area contributed by atoms with Crippen molar-refractivity contribution in [2.24, 2.45) is 0 Å². The highest BCUT2D eigenvalue weighted by atomic mass is 16.5. The first kappa shape index (κ1) is 18.7. The predicted octanol–water partition coefficient (Wildman–Crippen LogP) is 3.43. The Morgan fingerprint density at radius 3 is 2.43 bits per heavy atom. The first-order valence-corrected chi connectivity index (χ1v) is 9.72. The first-order valence-electron chi connectivity index (χ1n) is 9.72. The van der Waals surface area contributed by atoms with Crippen LogP contribution in [0.4, 0.5) is 0 Å². The minimum atomic E-state index is -0.311. The lowest BCUT2D eigenvalue weighted by Crippen LogP contribution is -2.45. The SMILES string of the molecule is COc1ccc2c(CN3CCN(Cc4cccc(C)c4)CC3)cc(=O)oc2c1. The molecule has 1 fully saturated rings. The zero-order valence-electron chi connectivity index (χ0n) is 16.5. The van der Waals surface area contributed by atoms with Crippen LogP contribution in [-0.2, 0) is 13.1 Å². The predicted molar refractivity (Wildman–Crippen MR) is 111 cm³/mol. The van der Waals surface area contributed by atoms with Crippen molar-refractivity contribution in [1.29, 1.82) is 0 Å². The Balaban J connectivity index is 1.43. The molecule has 0 aliphatic carbocycles. The van der Waals surface area contributed by atoms with Crippen molar-refractivity contribution in [3.05, 3.63) is 75.6 Å². The fourth-order valence-electron chi connectivity index (χ4n) is 3.88. The van der Waals surface area contributed by atoms with E-state index in [4.69, 9.17) is 9.15 Å². The van der Waals surface area contributed by atoms with Crippen molar-refractivity contribution >= 4 is 11.0 Å². The number of hydrogen-bond acceptors (Lipinski definition) is 5. The number of piperazine rings is 1. The topological polar surface area (TPSA) is 45.9 Å². The smallest absolute Gasteiger partial charge is 0.336 e. The molecule has 0 atom stereocenters. The average molecular weight is 378 g/mol. The van der Waals surface area contributed by atoms with Crippen LogP contribution < -0.4 is 10.4 Å². The Morgan fingerprint density at radius 1 is 0.964 bits per heavy atom. The molecule has 0 amide bonds. The summed E-state index contributed by atoms with van der Waals surface area (Å²) < 4.78 is 10.6. The molecule has 1 aromatic heterocycles. The molecule has 0 unspecified atom stereocenters. The number of fused-ring (bicyclic) bond motifs is 1. The number of benzene rings is 2. The van der Waals surface area contributed by atoms with E-state index >= 15 is 0 Å². The van der Waals surface area contributed by atoms with E-state index in [0.717, 1.165) is 50.2 Å². The Labute approximate surface area is 165 Å². The molecule has 28 heavy (non-hydrogen) atoms. The standard InChI is InChI=1S/C23H26N2O3/c1-17-4-3-5-18(12-17)15-24-8-10-25(11-9-24)16-19-13-23(26)28-22-14-20(27-2)6-7-21(19)22/h3-7,12-14H,8-11,15-16H2,1-2H3. The van der Waals surface area contributed by atoms with Gasteiger partial charge in [-0.05, 0) is 30.2 Å². The maximum atomic E-state index is 12.0. The van der Waals surface area contributed by atoms with Crippen LogP contribution in [-0.4, -0.2) is 43.1 Å².